The minimum Gasteiger partial charge on any atom is -0.353 e. The Labute approximate surface area is 170 Å². The molecule has 0 spiro atoms. The van der Waals surface area contributed by atoms with Crippen molar-refractivity contribution in [3.8, 4) is 11.1 Å². The van der Waals surface area contributed by atoms with Crippen LogP contribution in [0.2, 0.25) is 0 Å². The molecular formula is C21H18FN5OS. The smallest absolute Gasteiger partial charge is 0.270 e. The van der Waals surface area contributed by atoms with Gasteiger partial charge in [0, 0.05) is 43.3 Å². The predicted octanol–water partition coefficient (Wildman–Crippen LogP) is 3.51. The lowest BCUT2D eigenvalue weighted by Crippen LogP contribution is -2.47. The van der Waals surface area contributed by atoms with E-state index in [1.54, 1.807) is 12.3 Å². The number of nitrogens with one attached hydrogen (secondary N) is 1. The number of hydrogen-bond acceptors (Lipinski definition) is 6. The first-order valence-electron chi connectivity index (χ1n) is 9.37. The second-order valence-corrected chi connectivity index (χ2v) is 7.77. The molecule has 1 aliphatic rings. The number of H-pyrrole nitrogens is 1. The quantitative estimate of drug-likeness (QED) is 0.563. The molecule has 3 aromatic heterocycles. The lowest BCUT2D eigenvalue weighted by Gasteiger charge is -2.35. The number of thiophene rings is 1. The van der Waals surface area contributed by atoms with Gasteiger partial charge >= 0.3 is 0 Å². The van der Waals surface area contributed by atoms with E-state index in [0.29, 0.717) is 16.2 Å². The van der Waals surface area contributed by atoms with Crippen LogP contribution in [0.4, 0.5) is 16.2 Å². The summed E-state index contributed by atoms with van der Waals surface area (Å²) in [6.07, 6.45) is 1.79. The summed E-state index contributed by atoms with van der Waals surface area (Å²) in [7, 11) is 0. The van der Waals surface area contributed by atoms with Crippen LogP contribution in [0.1, 0.15) is 0 Å². The van der Waals surface area contributed by atoms with E-state index in [2.05, 4.69) is 19.8 Å². The van der Waals surface area contributed by atoms with Crippen LogP contribution in [0, 0.1) is 5.82 Å². The monoisotopic (exact) mass is 407 g/mol. The number of pyridine rings is 1. The molecule has 6 nitrogen and oxygen atoms in total. The second-order valence-electron chi connectivity index (χ2n) is 6.89. The summed E-state index contributed by atoms with van der Waals surface area (Å²) in [5.41, 5.74) is 1.96. The van der Waals surface area contributed by atoms with Gasteiger partial charge in [-0.3, -0.25) is 9.78 Å². The lowest BCUT2D eigenvalue weighted by atomic mass is 10.1. The van der Waals surface area contributed by atoms with Gasteiger partial charge in [-0.1, -0.05) is 18.2 Å². The molecule has 4 heterocycles. The minimum atomic E-state index is -0.308. The largest absolute Gasteiger partial charge is 0.353 e. The number of hydrogen-bond donors (Lipinski definition) is 1. The van der Waals surface area contributed by atoms with E-state index in [1.165, 1.54) is 23.5 Å². The molecule has 1 fully saturated rings. The first-order valence-corrected chi connectivity index (χ1v) is 10.3. The van der Waals surface area contributed by atoms with Crippen molar-refractivity contribution in [2.45, 2.75) is 0 Å². The van der Waals surface area contributed by atoms with Crippen molar-refractivity contribution in [1.29, 1.82) is 0 Å². The molecule has 1 aliphatic heterocycles. The van der Waals surface area contributed by atoms with Crippen LogP contribution in [0.3, 0.4) is 0 Å². The van der Waals surface area contributed by atoms with Crippen LogP contribution in [-0.4, -0.2) is 41.1 Å². The number of fused-ring (bicyclic) bond motifs is 1. The van der Waals surface area contributed by atoms with Gasteiger partial charge in [0.1, 0.15) is 16.3 Å². The molecule has 0 unspecified atom stereocenters. The van der Waals surface area contributed by atoms with E-state index < -0.39 is 0 Å². The Morgan fingerprint density at radius 1 is 1.03 bits per heavy atom. The van der Waals surface area contributed by atoms with Crippen molar-refractivity contribution in [1.82, 2.24) is 15.0 Å². The molecule has 1 N–H and O–H groups in total. The van der Waals surface area contributed by atoms with Gasteiger partial charge in [0.2, 0.25) is 5.95 Å². The van der Waals surface area contributed by atoms with E-state index in [-0.39, 0.29) is 11.4 Å². The van der Waals surface area contributed by atoms with Crippen LogP contribution >= 0.6 is 11.3 Å². The zero-order chi connectivity index (χ0) is 19.8. The molecule has 5 rings (SSSR count). The highest BCUT2D eigenvalue weighted by molar-refractivity contribution is 7.17. The Hall–Kier alpha value is -3.26. The highest BCUT2D eigenvalue weighted by atomic mass is 32.1. The van der Waals surface area contributed by atoms with Gasteiger partial charge in [0.15, 0.2) is 0 Å². The molecule has 146 valence electrons. The van der Waals surface area contributed by atoms with Crippen LogP contribution in [0.15, 0.2) is 58.8 Å². The van der Waals surface area contributed by atoms with Gasteiger partial charge in [-0.05, 0) is 29.8 Å². The summed E-state index contributed by atoms with van der Waals surface area (Å²) in [5.74, 6) is 1.20. The summed E-state index contributed by atoms with van der Waals surface area (Å²) < 4.78 is 14.2. The zero-order valence-corrected chi connectivity index (χ0v) is 16.3. The standard InChI is InChI=1S/C21H18FN5OS/c22-15-5-3-4-14(12-15)16-13-29-19-18(16)24-21(25-20(19)28)27-10-8-26(9-11-27)17-6-1-2-7-23-17/h1-7,12-13H,8-11H2,(H,24,25,28). The van der Waals surface area contributed by atoms with E-state index in [0.717, 1.165) is 43.1 Å². The summed E-state index contributed by atoms with van der Waals surface area (Å²) in [6.45, 7) is 3.03. The number of halogens is 1. The fraction of sp³-hybridized carbons (Fsp3) is 0.190. The molecule has 29 heavy (non-hydrogen) atoms. The topological polar surface area (TPSA) is 65.1 Å². The van der Waals surface area contributed by atoms with Crippen molar-refractivity contribution in [2.75, 3.05) is 36.0 Å². The lowest BCUT2D eigenvalue weighted by molar-refractivity contribution is 0.628. The van der Waals surface area contributed by atoms with Gasteiger partial charge in [-0.15, -0.1) is 11.3 Å². The maximum absolute atomic E-state index is 13.7. The second kappa shape index (κ2) is 7.29. The zero-order valence-electron chi connectivity index (χ0n) is 15.5. The van der Waals surface area contributed by atoms with Crippen LogP contribution < -0.4 is 15.4 Å². The average Bonchev–Trinajstić information content (AvgIpc) is 3.19. The van der Waals surface area contributed by atoms with Crippen LogP contribution in [0.5, 0.6) is 0 Å². The molecular weight excluding hydrogens is 389 g/mol. The third kappa shape index (κ3) is 3.36. The normalized spacial score (nSPS) is 14.5. The van der Waals surface area contributed by atoms with E-state index in [9.17, 15) is 9.18 Å². The molecule has 0 saturated carbocycles. The Morgan fingerprint density at radius 3 is 2.62 bits per heavy atom. The Balaban J connectivity index is 1.46. The molecule has 4 aromatic rings. The summed E-state index contributed by atoms with van der Waals surface area (Å²) >= 11 is 1.33. The van der Waals surface area contributed by atoms with E-state index >= 15 is 0 Å². The number of rotatable bonds is 3. The number of nitrogens with zero attached hydrogens (tertiary/aromatic N) is 4. The maximum Gasteiger partial charge on any atom is 0.270 e. The minimum absolute atomic E-state index is 0.162. The predicted molar refractivity (Wildman–Crippen MR) is 114 cm³/mol. The molecule has 0 aliphatic carbocycles. The Kier molecular flexibility index (Phi) is 4.48. The van der Waals surface area contributed by atoms with Crippen LogP contribution in [0.25, 0.3) is 21.3 Å². The van der Waals surface area contributed by atoms with Gasteiger partial charge in [-0.2, -0.15) is 0 Å². The van der Waals surface area contributed by atoms with Gasteiger partial charge < -0.3 is 9.80 Å². The van der Waals surface area contributed by atoms with Crippen molar-refractivity contribution in [3.05, 3.63) is 70.2 Å². The summed E-state index contributed by atoms with van der Waals surface area (Å²) in [6, 6.07) is 12.3. The first kappa shape index (κ1) is 17.8. The van der Waals surface area contributed by atoms with E-state index in [1.807, 2.05) is 29.6 Å². The number of aromatic amines is 1. The van der Waals surface area contributed by atoms with E-state index in [4.69, 9.17) is 4.98 Å². The first-order chi connectivity index (χ1) is 14.2. The summed E-state index contributed by atoms with van der Waals surface area (Å²) in [5, 5.41) is 1.87. The Bertz CT molecular complexity index is 1210. The SMILES string of the molecule is O=c1[nH]c(N2CCN(c3ccccn3)CC2)nc2c(-c3cccc(F)c3)csc12. The van der Waals surface area contributed by atoms with Gasteiger partial charge in [-0.25, -0.2) is 14.4 Å². The summed E-state index contributed by atoms with van der Waals surface area (Å²) in [4.78, 5) is 29.0. The molecule has 1 aromatic carbocycles. The van der Waals surface area contributed by atoms with Crippen molar-refractivity contribution >= 4 is 33.3 Å². The van der Waals surface area contributed by atoms with Crippen molar-refractivity contribution < 1.29 is 4.39 Å². The molecule has 0 amide bonds. The molecule has 8 heteroatoms. The third-order valence-corrected chi connectivity index (χ3v) is 6.07. The fourth-order valence-corrected chi connectivity index (χ4v) is 4.52. The van der Waals surface area contributed by atoms with Crippen LogP contribution in [-0.2, 0) is 0 Å². The van der Waals surface area contributed by atoms with Gasteiger partial charge in [0.05, 0.1) is 5.52 Å². The molecule has 0 atom stereocenters. The Morgan fingerprint density at radius 2 is 1.86 bits per heavy atom. The number of benzene rings is 1. The number of piperazine rings is 1. The molecule has 1 saturated heterocycles. The highest BCUT2D eigenvalue weighted by Gasteiger charge is 2.21. The molecule has 0 radical (unpaired) electrons. The van der Waals surface area contributed by atoms with Crippen molar-refractivity contribution in [2.24, 2.45) is 0 Å². The molecule has 0 bridgehead atoms. The maximum atomic E-state index is 13.7. The highest BCUT2D eigenvalue weighted by Crippen LogP contribution is 2.32. The third-order valence-electron chi connectivity index (χ3n) is 5.10. The number of anilines is 2. The van der Waals surface area contributed by atoms with Crippen molar-refractivity contribution in [3.63, 3.8) is 0 Å². The van der Waals surface area contributed by atoms with Gasteiger partial charge in [0.25, 0.3) is 5.56 Å². The average molecular weight is 407 g/mol. The number of aromatic nitrogens is 3. The fourth-order valence-electron chi connectivity index (χ4n) is 3.61.